The highest BCUT2D eigenvalue weighted by Gasteiger charge is 2.32. The number of amides is 4. The summed E-state index contributed by atoms with van der Waals surface area (Å²) < 4.78 is 0. The van der Waals surface area contributed by atoms with Crippen molar-refractivity contribution in [2.75, 3.05) is 12.0 Å². The number of H-pyrrole nitrogens is 1. The van der Waals surface area contributed by atoms with Crippen LogP contribution in [-0.4, -0.2) is 91.9 Å². The Morgan fingerprint density at radius 1 is 1.00 bits per heavy atom. The molecule has 4 atom stereocenters. The highest BCUT2D eigenvalue weighted by molar-refractivity contribution is 7.98. The van der Waals surface area contributed by atoms with Crippen molar-refractivity contribution in [1.82, 2.24) is 25.9 Å². The van der Waals surface area contributed by atoms with Crippen LogP contribution in [-0.2, 0) is 35.2 Å². The van der Waals surface area contributed by atoms with Gasteiger partial charge in [-0.25, -0.2) is 9.78 Å². The number of imidazole rings is 1. The zero-order chi connectivity index (χ0) is 26.5. The van der Waals surface area contributed by atoms with Gasteiger partial charge in [-0.2, -0.15) is 11.8 Å². The minimum absolute atomic E-state index is 0.191. The Balaban J connectivity index is 2.97. The Morgan fingerprint density at radius 2 is 1.57 bits per heavy atom. The summed E-state index contributed by atoms with van der Waals surface area (Å²) in [5, 5.41) is 25.1. The number of carboxylic acids is 2. The predicted molar refractivity (Wildman–Crippen MR) is 123 cm³/mol. The quantitative estimate of drug-likeness (QED) is 0.109. The van der Waals surface area contributed by atoms with Gasteiger partial charge in [0, 0.05) is 18.3 Å². The van der Waals surface area contributed by atoms with Gasteiger partial charge in [0.25, 0.3) is 0 Å². The van der Waals surface area contributed by atoms with E-state index in [1.807, 2.05) is 6.26 Å². The van der Waals surface area contributed by atoms with E-state index in [1.165, 1.54) is 24.3 Å². The SMILES string of the molecule is CSCCC(N)C(=O)NC(CC(N)=O)C(=O)NC(CC(=O)O)C(=O)NC(Cc1cnc[nH]1)C(=O)O. The van der Waals surface area contributed by atoms with Crippen molar-refractivity contribution in [3.8, 4) is 0 Å². The number of nitrogens with one attached hydrogen (secondary N) is 4. The van der Waals surface area contributed by atoms with Gasteiger partial charge in [0.05, 0.1) is 25.2 Å². The molecule has 0 aromatic carbocycles. The number of nitrogens with zero attached hydrogens (tertiary/aromatic N) is 1. The van der Waals surface area contributed by atoms with E-state index in [1.54, 1.807) is 0 Å². The fourth-order valence-electron chi connectivity index (χ4n) is 2.81. The van der Waals surface area contributed by atoms with Crippen LogP contribution in [0.2, 0.25) is 0 Å². The third kappa shape index (κ3) is 10.9. The molecule has 0 saturated carbocycles. The van der Waals surface area contributed by atoms with Crippen LogP contribution in [0.4, 0.5) is 0 Å². The van der Waals surface area contributed by atoms with Crippen LogP contribution in [0.5, 0.6) is 0 Å². The molecule has 0 aliphatic heterocycles. The molecule has 194 valence electrons. The lowest BCUT2D eigenvalue weighted by atomic mass is 10.1. The van der Waals surface area contributed by atoms with Crippen molar-refractivity contribution in [3.63, 3.8) is 0 Å². The summed E-state index contributed by atoms with van der Waals surface area (Å²) in [6.07, 6.45) is 3.01. The van der Waals surface area contributed by atoms with Crippen molar-refractivity contribution in [2.24, 2.45) is 11.5 Å². The van der Waals surface area contributed by atoms with E-state index >= 15 is 0 Å². The second-order valence-electron chi connectivity index (χ2n) is 7.46. The summed E-state index contributed by atoms with van der Waals surface area (Å²) in [7, 11) is 0. The minimum Gasteiger partial charge on any atom is -0.481 e. The van der Waals surface area contributed by atoms with E-state index < -0.39 is 72.6 Å². The largest absolute Gasteiger partial charge is 0.481 e. The summed E-state index contributed by atoms with van der Waals surface area (Å²) in [4.78, 5) is 78.4. The van der Waals surface area contributed by atoms with Gasteiger partial charge >= 0.3 is 11.9 Å². The minimum atomic E-state index is -1.72. The second-order valence-corrected chi connectivity index (χ2v) is 8.44. The highest BCUT2D eigenvalue weighted by Crippen LogP contribution is 2.04. The molecule has 0 aliphatic carbocycles. The Labute approximate surface area is 204 Å². The lowest BCUT2D eigenvalue weighted by molar-refractivity contribution is -0.143. The van der Waals surface area contributed by atoms with E-state index in [2.05, 4.69) is 25.9 Å². The average Bonchev–Trinajstić information content (AvgIpc) is 3.28. The average molecular weight is 516 g/mol. The van der Waals surface area contributed by atoms with E-state index in [-0.39, 0.29) is 12.8 Å². The van der Waals surface area contributed by atoms with Crippen LogP contribution in [0, 0.1) is 0 Å². The van der Waals surface area contributed by atoms with Gasteiger partial charge in [-0.15, -0.1) is 0 Å². The maximum atomic E-state index is 12.7. The standard InChI is InChI=1S/C19H29N7O8S/c1-35-3-2-10(20)16(30)24-11(5-14(21)27)17(31)25-12(6-15(28)29)18(32)26-13(19(33)34)4-9-7-22-8-23-9/h7-8,10-13H,2-6,20H2,1H3,(H2,21,27)(H,22,23)(H,24,30)(H,25,31)(H,26,32)(H,28,29)(H,33,34). The molecule has 0 spiro atoms. The van der Waals surface area contributed by atoms with E-state index in [0.29, 0.717) is 11.4 Å². The van der Waals surface area contributed by atoms with Crippen LogP contribution in [0.3, 0.4) is 0 Å². The normalized spacial score (nSPS) is 14.1. The Morgan fingerprint density at radius 3 is 2.06 bits per heavy atom. The van der Waals surface area contributed by atoms with Gasteiger partial charge in [-0.1, -0.05) is 0 Å². The molecule has 10 N–H and O–H groups in total. The molecule has 4 unspecified atom stereocenters. The third-order valence-corrected chi connectivity index (χ3v) is 5.26. The number of aromatic amines is 1. The van der Waals surface area contributed by atoms with Gasteiger partial charge < -0.3 is 42.6 Å². The molecular formula is C19H29N7O8S. The maximum absolute atomic E-state index is 12.7. The molecule has 1 heterocycles. The second kappa shape index (κ2) is 14.6. The van der Waals surface area contributed by atoms with Gasteiger partial charge in [0.1, 0.15) is 18.1 Å². The first-order valence-electron chi connectivity index (χ1n) is 10.3. The van der Waals surface area contributed by atoms with Crippen molar-refractivity contribution in [3.05, 3.63) is 18.2 Å². The number of primary amides is 1. The molecule has 35 heavy (non-hydrogen) atoms. The van der Waals surface area contributed by atoms with Crippen molar-refractivity contribution in [2.45, 2.75) is 49.9 Å². The molecule has 16 heteroatoms. The van der Waals surface area contributed by atoms with E-state index in [0.717, 1.165) is 0 Å². The van der Waals surface area contributed by atoms with Crippen molar-refractivity contribution >= 4 is 47.3 Å². The molecule has 1 aromatic heterocycles. The van der Waals surface area contributed by atoms with Crippen LogP contribution in [0.25, 0.3) is 0 Å². The van der Waals surface area contributed by atoms with Crippen LogP contribution < -0.4 is 27.4 Å². The fraction of sp³-hybridized carbons (Fsp3) is 0.526. The molecule has 0 aliphatic rings. The topological polar surface area (TPSA) is 260 Å². The lowest BCUT2D eigenvalue weighted by Gasteiger charge is -2.24. The number of hydrogen-bond acceptors (Lipinski definition) is 9. The number of hydrogen-bond donors (Lipinski definition) is 8. The number of carboxylic acid groups (broad SMARTS) is 2. The molecule has 1 rings (SSSR count). The molecule has 0 bridgehead atoms. The molecule has 0 fully saturated rings. The predicted octanol–water partition coefficient (Wildman–Crippen LogP) is -3.08. The molecule has 15 nitrogen and oxygen atoms in total. The van der Waals surface area contributed by atoms with Gasteiger partial charge in [-0.3, -0.25) is 24.0 Å². The molecule has 0 radical (unpaired) electrons. The summed E-state index contributed by atoms with van der Waals surface area (Å²) in [5.41, 5.74) is 11.3. The molecule has 4 amide bonds. The molecule has 1 aromatic rings. The smallest absolute Gasteiger partial charge is 0.326 e. The third-order valence-electron chi connectivity index (χ3n) is 4.61. The van der Waals surface area contributed by atoms with E-state index in [9.17, 15) is 33.9 Å². The number of carbonyl (C=O) groups excluding carboxylic acids is 4. The lowest BCUT2D eigenvalue weighted by Crippen LogP contribution is -2.58. The number of aromatic nitrogens is 2. The number of nitrogens with two attached hydrogens (primary N) is 2. The first-order valence-corrected chi connectivity index (χ1v) is 11.7. The summed E-state index contributed by atoms with van der Waals surface area (Å²) in [6.45, 7) is 0. The first-order chi connectivity index (χ1) is 16.4. The first kappa shape index (κ1) is 29.4. The van der Waals surface area contributed by atoms with Gasteiger partial charge in [0.2, 0.25) is 23.6 Å². The van der Waals surface area contributed by atoms with Gasteiger partial charge in [0.15, 0.2) is 0 Å². The Hall–Kier alpha value is -3.66. The summed E-state index contributed by atoms with van der Waals surface area (Å²) in [6, 6.07) is -5.71. The van der Waals surface area contributed by atoms with Crippen molar-refractivity contribution < 1.29 is 39.0 Å². The van der Waals surface area contributed by atoms with Crippen LogP contribution >= 0.6 is 11.8 Å². The highest BCUT2D eigenvalue weighted by atomic mass is 32.2. The number of carbonyl (C=O) groups is 6. The summed E-state index contributed by atoms with van der Waals surface area (Å²) in [5.74, 6) is -6.19. The zero-order valence-electron chi connectivity index (χ0n) is 18.9. The van der Waals surface area contributed by atoms with Gasteiger partial charge in [-0.05, 0) is 18.4 Å². The van der Waals surface area contributed by atoms with Crippen LogP contribution in [0.15, 0.2) is 12.5 Å². The Bertz CT molecular complexity index is 911. The van der Waals surface area contributed by atoms with Crippen molar-refractivity contribution in [1.29, 1.82) is 0 Å². The number of aliphatic carboxylic acids is 2. The fourth-order valence-corrected chi connectivity index (χ4v) is 3.30. The van der Waals surface area contributed by atoms with Crippen LogP contribution in [0.1, 0.15) is 25.0 Å². The number of thioether (sulfide) groups is 1. The van der Waals surface area contributed by atoms with E-state index in [4.69, 9.17) is 16.6 Å². The number of rotatable bonds is 16. The monoisotopic (exact) mass is 515 g/mol. The molecular weight excluding hydrogens is 486 g/mol. The Kier molecular flexibility index (Phi) is 12.2. The summed E-state index contributed by atoms with van der Waals surface area (Å²) >= 11 is 1.45. The zero-order valence-corrected chi connectivity index (χ0v) is 19.7. The molecule has 0 saturated heterocycles. The maximum Gasteiger partial charge on any atom is 0.326 e.